The molecule has 1 saturated heterocycles. The third kappa shape index (κ3) is 5.10. The van der Waals surface area contributed by atoms with Gasteiger partial charge in [0.25, 0.3) is 0 Å². The fourth-order valence-corrected chi connectivity index (χ4v) is 5.14. The number of aromatic nitrogens is 3. The zero-order chi connectivity index (χ0) is 27.2. The molecule has 1 aliphatic carbocycles. The molecule has 38 heavy (non-hydrogen) atoms. The molecule has 12 heteroatoms. The van der Waals surface area contributed by atoms with Gasteiger partial charge in [-0.3, -0.25) is 14.8 Å². The minimum absolute atomic E-state index is 0.0691. The zero-order valence-electron chi connectivity index (χ0n) is 20.6. The SMILES string of the molecule is Cc1cc(Nc2cc(C3(O)CC3)c(F)c(CC3(C(=O)O)CCN(Cc4c(F)ccc(Cl)c4F)CC3)n2)n[nH]1. The molecular formula is C26H27ClF3N5O3. The van der Waals surface area contributed by atoms with Crippen molar-refractivity contribution in [3.63, 3.8) is 0 Å². The molecule has 0 spiro atoms. The molecule has 1 aliphatic heterocycles. The Kier molecular flexibility index (Phi) is 6.87. The molecule has 0 bridgehead atoms. The van der Waals surface area contributed by atoms with Crippen molar-refractivity contribution in [3.05, 3.63) is 69.3 Å². The number of halogens is 4. The molecule has 1 saturated carbocycles. The number of hydrogen-bond donors (Lipinski definition) is 4. The zero-order valence-corrected chi connectivity index (χ0v) is 21.4. The maximum atomic E-state index is 15.6. The summed E-state index contributed by atoms with van der Waals surface area (Å²) in [6.45, 7) is 2.19. The largest absolute Gasteiger partial charge is 0.481 e. The smallest absolute Gasteiger partial charge is 0.310 e. The lowest BCUT2D eigenvalue weighted by Crippen LogP contribution is -2.45. The minimum atomic E-state index is -1.35. The van der Waals surface area contributed by atoms with Gasteiger partial charge in [-0.05, 0) is 63.9 Å². The predicted octanol–water partition coefficient (Wildman–Crippen LogP) is 4.82. The fraction of sp³-hybridized carbons (Fsp3) is 0.423. The number of pyridine rings is 1. The monoisotopic (exact) mass is 549 g/mol. The number of carboxylic acid groups (broad SMARTS) is 1. The van der Waals surface area contributed by atoms with Gasteiger partial charge in [-0.1, -0.05) is 11.6 Å². The summed E-state index contributed by atoms with van der Waals surface area (Å²) in [6.07, 6.45) is 0.806. The van der Waals surface area contributed by atoms with E-state index in [1.165, 1.54) is 6.07 Å². The topological polar surface area (TPSA) is 114 Å². The van der Waals surface area contributed by atoms with Crippen LogP contribution in [0.5, 0.6) is 0 Å². The van der Waals surface area contributed by atoms with E-state index in [1.807, 2.05) is 6.92 Å². The van der Waals surface area contributed by atoms with E-state index in [0.717, 1.165) is 17.8 Å². The molecule has 0 radical (unpaired) electrons. The third-order valence-corrected chi connectivity index (χ3v) is 7.80. The van der Waals surface area contributed by atoms with Crippen molar-refractivity contribution < 1.29 is 28.2 Å². The van der Waals surface area contributed by atoms with Crippen molar-refractivity contribution in [2.24, 2.45) is 5.41 Å². The second kappa shape index (κ2) is 9.87. The van der Waals surface area contributed by atoms with Crippen molar-refractivity contribution in [1.29, 1.82) is 0 Å². The number of carbonyl (C=O) groups is 1. The van der Waals surface area contributed by atoms with Gasteiger partial charge in [0.05, 0.1) is 21.7 Å². The van der Waals surface area contributed by atoms with Gasteiger partial charge in [0, 0.05) is 35.9 Å². The molecule has 3 heterocycles. The fourth-order valence-electron chi connectivity index (χ4n) is 4.97. The molecule has 2 aliphatic rings. The summed E-state index contributed by atoms with van der Waals surface area (Å²) < 4.78 is 44.3. The maximum absolute atomic E-state index is 15.6. The number of H-pyrrole nitrogens is 1. The number of carboxylic acids is 1. The van der Waals surface area contributed by atoms with Crippen LogP contribution < -0.4 is 5.32 Å². The first kappa shape index (κ1) is 26.5. The summed E-state index contributed by atoms with van der Waals surface area (Å²) in [5.41, 5.74) is -2.04. The summed E-state index contributed by atoms with van der Waals surface area (Å²) in [7, 11) is 0. The number of likely N-dealkylation sites (tertiary alicyclic amines) is 1. The van der Waals surface area contributed by atoms with Crippen molar-refractivity contribution in [1.82, 2.24) is 20.1 Å². The number of nitrogens with zero attached hydrogens (tertiary/aromatic N) is 3. The van der Waals surface area contributed by atoms with Crippen LogP contribution in [-0.2, 0) is 23.4 Å². The van der Waals surface area contributed by atoms with Gasteiger partial charge in [-0.25, -0.2) is 18.2 Å². The summed E-state index contributed by atoms with van der Waals surface area (Å²) >= 11 is 5.80. The molecule has 2 aromatic heterocycles. The van der Waals surface area contributed by atoms with Gasteiger partial charge in [0.15, 0.2) is 11.6 Å². The highest BCUT2D eigenvalue weighted by Gasteiger charge is 2.47. The number of rotatable bonds is 8. The van der Waals surface area contributed by atoms with E-state index in [4.69, 9.17) is 11.6 Å². The third-order valence-electron chi connectivity index (χ3n) is 7.51. The van der Waals surface area contributed by atoms with Gasteiger partial charge < -0.3 is 15.5 Å². The lowest BCUT2D eigenvalue weighted by molar-refractivity contribution is -0.152. The van der Waals surface area contributed by atoms with Crippen LogP contribution in [0.2, 0.25) is 5.02 Å². The van der Waals surface area contributed by atoms with E-state index in [-0.39, 0.29) is 66.6 Å². The summed E-state index contributed by atoms with van der Waals surface area (Å²) in [6, 6.07) is 5.40. The van der Waals surface area contributed by atoms with Gasteiger partial charge in [0.2, 0.25) is 0 Å². The number of aliphatic carboxylic acids is 1. The van der Waals surface area contributed by atoms with Crippen LogP contribution in [0, 0.1) is 29.8 Å². The van der Waals surface area contributed by atoms with Crippen LogP contribution in [0.1, 0.15) is 48.2 Å². The number of piperidine rings is 1. The van der Waals surface area contributed by atoms with Gasteiger partial charge in [-0.15, -0.1) is 0 Å². The van der Waals surface area contributed by atoms with Gasteiger partial charge in [-0.2, -0.15) is 5.10 Å². The van der Waals surface area contributed by atoms with E-state index in [2.05, 4.69) is 20.5 Å². The molecular weight excluding hydrogens is 523 g/mol. The Morgan fingerprint density at radius 3 is 2.45 bits per heavy atom. The quantitative estimate of drug-likeness (QED) is 0.298. The van der Waals surface area contributed by atoms with Crippen molar-refractivity contribution in [3.8, 4) is 0 Å². The predicted molar refractivity (Wildman–Crippen MR) is 134 cm³/mol. The molecule has 0 atom stereocenters. The summed E-state index contributed by atoms with van der Waals surface area (Å²) in [5, 5.41) is 30.6. The van der Waals surface area contributed by atoms with Gasteiger partial charge >= 0.3 is 5.97 Å². The summed E-state index contributed by atoms with van der Waals surface area (Å²) in [4.78, 5) is 18.6. The van der Waals surface area contributed by atoms with Crippen molar-refractivity contribution in [2.45, 2.75) is 51.2 Å². The van der Waals surface area contributed by atoms with E-state index >= 15 is 4.39 Å². The molecule has 8 nitrogen and oxygen atoms in total. The Bertz CT molecular complexity index is 1390. The molecule has 1 aromatic carbocycles. The molecule has 0 amide bonds. The first-order valence-electron chi connectivity index (χ1n) is 12.3. The maximum Gasteiger partial charge on any atom is 0.310 e. The van der Waals surface area contributed by atoms with Gasteiger partial charge in [0.1, 0.15) is 17.5 Å². The average molecular weight is 550 g/mol. The van der Waals surface area contributed by atoms with E-state index in [9.17, 15) is 23.8 Å². The van der Waals surface area contributed by atoms with Crippen LogP contribution in [-0.4, -0.2) is 49.4 Å². The molecule has 3 aromatic rings. The highest BCUT2D eigenvalue weighted by atomic mass is 35.5. The second-order valence-electron chi connectivity index (χ2n) is 10.3. The Morgan fingerprint density at radius 2 is 1.84 bits per heavy atom. The van der Waals surface area contributed by atoms with Crippen LogP contribution in [0.3, 0.4) is 0 Å². The number of benzene rings is 1. The highest BCUT2D eigenvalue weighted by molar-refractivity contribution is 6.30. The minimum Gasteiger partial charge on any atom is -0.481 e. The molecule has 0 unspecified atom stereocenters. The van der Waals surface area contributed by atoms with Crippen molar-refractivity contribution in [2.75, 3.05) is 18.4 Å². The number of anilines is 2. The molecule has 202 valence electrons. The molecule has 5 rings (SSSR count). The molecule has 2 fully saturated rings. The number of nitrogens with one attached hydrogen (secondary N) is 2. The number of aromatic amines is 1. The normalized spacial score (nSPS) is 18.4. The van der Waals surface area contributed by atoms with Crippen LogP contribution in [0.4, 0.5) is 24.8 Å². The standard InChI is InChI=1S/C26H27ClF3N5O3/c1-14-10-21(34-33-14)32-20-11-16(26(38)4-5-26)23(30)19(31-20)12-25(24(36)37)6-8-35(9-7-25)13-15-18(28)3-2-17(27)22(15)29/h2-3,10-11,38H,4-9,12-13H2,1H3,(H,36,37)(H2,31,32,33,34). The van der Waals surface area contributed by atoms with E-state index in [1.54, 1.807) is 11.0 Å². The van der Waals surface area contributed by atoms with Crippen LogP contribution in [0.25, 0.3) is 0 Å². The molecule has 4 N–H and O–H groups in total. The Morgan fingerprint density at radius 1 is 1.13 bits per heavy atom. The summed E-state index contributed by atoms with van der Waals surface area (Å²) in [5.74, 6) is -2.70. The second-order valence-corrected chi connectivity index (χ2v) is 10.7. The lowest BCUT2D eigenvalue weighted by Gasteiger charge is -2.39. The van der Waals surface area contributed by atoms with Crippen LogP contribution in [0.15, 0.2) is 24.3 Å². The average Bonchev–Trinajstić information content (AvgIpc) is 3.50. The Labute approximate surface area is 221 Å². The van der Waals surface area contributed by atoms with Crippen LogP contribution >= 0.6 is 11.6 Å². The van der Waals surface area contributed by atoms with Crippen molar-refractivity contribution >= 4 is 29.2 Å². The Balaban J connectivity index is 1.39. The lowest BCUT2D eigenvalue weighted by atomic mass is 9.74. The van der Waals surface area contributed by atoms with E-state index in [0.29, 0.717) is 18.7 Å². The first-order valence-corrected chi connectivity index (χ1v) is 12.7. The number of aryl methyl sites for hydroxylation is 1. The number of hydrogen-bond acceptors (Lipinski definition) is 6. The Hall–Kier alpha value is -3.15. The van der Waals surface area contributed by atoms with E-state index < -0.39 is 34.4 Å². The highest BCUT2D eigenvalue weighted by Crippen LogP contribution is 2.48. The number of aliphatic hydroxyl groups is 1. The first-order chi connectivity index (χ1) is 18.0.